The van der Waals surface area contributed by atoms with Crippen molar-refractivity contribution < 1.29 is 23.9 Å². The number of aryl methyl sites for hydroxylation is 1. The molecule has 0 aliphatic rings. The first kappa shape index (κ1) is 16.7. The number of hydrogen-bond donors (Lipinski definition) is 1. The largest absolute Gasteiger partial charge is 0.465 e. The number of carbonyl (C=O) groups excluding carboxylic acids is 3. The summed E-state index contributed by atoms with van der Waals surface area (Å²) in [6.45, 7) is 1.83. The maximum atomic E-state index is 12.3. The van der Waals surface area contributed by atoms with E-state index in [1.807, 2.05) is 18.4 Å². The molecule has 0 spiro atoms. The van der Waals surface area contributed by atoms with Crippen LogP contribution >= 0.6 is 11.3 Å². The zero-order valence-corrected chi connectivity index (χ0v) is 13.7. The van der Waals surface area contributed by atoms with Crippen molar-refractivity contribution in [1.29, 1.82) is 0 Å². The number of ether oxygens (including phenoxy) is 2. The van der Waals surface area contributed by atoms with E-state index < -0.39 is 11.9 Å². The van der Waals surface area contributed by atoms with E-state index in [4.69, 9.17) is 0 Å². The van der Waals surface area contributed by atoms with Crippen LogP contribution in [0.1, 0.15) is 36.0 Å². The Labute approximate surface area is 137 Å². The molecule has 2 rings (SSSR count). The molecule has 0 atom stereocenters. The molecule has 0 aliphatic heterocycles. The lowest BCUT2D eigenvalue weighted by Gasteiger charge is -2.09. The van der Waals surface area contributed by atoms with Gasteiger partial charge in [0.05, 0.1) is 30.2 Å². The normalized spacial score (nSPS) is 10.0. The van der Waals surface area contributed by atoms with Gasteiger partial charge in [-0.25, -0.2) is 9.59 Å². The molecule has 6 nitrogen and oxygen atoms in total. The fraction of sp³-hybridized carbons (Fsp3) is 0.188. The molecule has 0 radical (unpaired) electrons. The molecule has 1 aromatic carbocycles. The Morgan fingerprint density at radius 1 is 1.00 bits per heavy atom. The third-order valence-corrected chi connectivity index (χ3v) is 4.12. The SMILES string of the molecule is COC(=O)c1cc(NC(=O)c2sccc2C)cc(C(=O)OC)c1. The maximum Gasteiger partial charge on any atom is 0.337 e. The van der Waals surface area contributed by atoms with Gasteiger partial charge in [0.1, 0.15) is 0 Å². The highest BCUT2D eigenvalue weighted by Crippen LogP contribution is 2.21. The zero-order valence-electron chi connectivity index (χ0n) is 12.8. The highest BCUT2D eigenvalue weighted by molar-refractivity contribution is 7.12. The Balaban J connectivity index is 2.37. The number of methoxy groups -OCH3 is 2. The molecule has 0 unspecified atom stereocenters. The van der Waals surface area contributed by atoms with Crippen molar-refractivity contribution in [3.8, 4) is 0 Å². The average molecular weight is 333 g/mol. The van der Waals surface area contributed by atoms with E-state index in [-0.39, 0.29) is 17.0 Å². The summed E-state index contributed by atoms with van der Waals surface area (Å²) < 4.78 is 9.31. The van der Waals surface area contributed by atoms with Gasteiger partial charge in [0, 0.05) is 5.69 Å². The summed E-state index contributed by atoms with van der Waals surface area (Å²) >= 11 is 1.31. The van der Waals surface area contributed by atoms with E-state index in [2.05, 4.69) is 14.8 Å². The Kier molecular flexibility index (Phi) is 5.13. The van der Waals surface area contributed by atoms with Crippen molar-refractivity contribution in [2.75, 3.05) is 19.5 Å². The average Bonchev–Trinajstić information content (AvgIpc) is 2.99. The van der Waals surface area contributed by atoms with Crippen LogP contribution in [0.2, 0.25) is 0 Å². The first-order valence-corrected chi connectivity index (χ1v) is 7.51. The van der Waals surface area contributed by atoms with Gasteiger partial charge in [-0.15, -0.1) is 11.3 Å². The molecular weight excluding hydrogens is 318 g/mol. The van der Waals surface area contributed by atoms with Gasteiger partial charge in [-0.1, -0.05) is 0 Å². The lowest BCUT2D eigenvalue weighted by molar-refractivity contribution is 0.0599. The molecule has 1 N–H and O–H groups in total. The van der Waals surface area contributed by atoms with E-state index >= 15 is 0 Å². The van der Waals surface area contributed by atoms with E-state index in [0.717, 1.165) is 5.56 Å². The third kappa shape index (κ3) is 3.75. The number of amides is 1. The van der Waals surface area contributed by atoms with E-state index in [9.17, 15) is 14.4 Å². The van der Waals surface area contributed by atoms with Gasteiger partial charge in [-0.05, 0) is 42.1 Å². The number of carbonyl (C=O) groups is 3. The Morgan fingerprint density at radius 2 is 1.57 bits per heavy atom. The van der Waals surface area contributed by atoms with E-state index in [1.165, 1.54) is 43.8 Å². The van der Waals surface area contributed by atoms with Gasteiger partial charge in [0.15, 0.2) is 0 Å². The van der Waals surface area contributed by atoms with Crippen molar-refractivity contribution >= 4 is 34.9 Å². The number of thiophene rings is 1. The number of benzene rings is 1. The molecule has 0 saturated heterocycles. The van der Waals surface area contributed by atoms with Crippen molar-refractivity contribution in [3.05, 3.63) is 51.2 Å². The summed E-state index contributed by atoms with van der Waals surface area (Å²) in [5.74, 6) is -1.53. The summed E-state index contributed by atoms with van der Waals surface area (Å²) in [5.41, 5.74) is 1.46. The minimum absolute atomic E-state index is 0.147. The monoisotopic (exact) mass is 333 g/mol. The van der Waals surface area contributed by atoms with Gasteiger partial charge >= 0.3 is 11.9 Å². The molecular formula is C16H15NO5S. The highest BCUT2D eigenvalue weighted by Gasteiger charge is 2.16. The molecule has 0 saturated carbocycles. The van der Waals surface area contributed by atoms with Crippen LogP contribution in [0, 0.1) is 6.92 Å². The van der Waals surface area contributed by atoms with Gasteiger partial charge < -0.3 is 14.8 Å². The zero-order chi connectivity index (χ0) is 17.0. The number of nitrogens with one attached hydrogen (secondary N) is 1. The number of esters is 2. The summed E-state index contributed by atoms with van der Waals surface area (Å²) in [6.07, 6.45) is 0. The second-order valence-corrected chi connectivity index (χ2v) is 5.59. The smallest absolute Gasteiger partial charge is 0.337 e. The third-order valence-electron chi connectivity index (χ3n) is 3.10. The van der Waals surface area contributed by atoms with Crippen molar-refractivity contribution in [2.45, 2.75) is 6.92 Å². The minimum atomic E-state index is -0.612. The fourth-order valence-electron chi connectivity index (χ4n) is 1.96. The molecule has 1 heterocycles. The number of rotatable bonds is 4. The Morgan fingerprint density at radius 3 is 2.00 bits per heavy atom. The number of hydrogen-bond acceptors (Lipinski definition) is 6. The van der Waals surface area contributed by atoms with Crippen LogP contribution in [-0.2, 0) is 9.47 Å². The summed E-state index contributed by atoms with van der Waals surface area (Å²) in [6, 6.07) is 6.08. The predicted octanol–water partition coefficient (Wildman–Crippen LogP) is 2.88. The van der Waals surface area contributed by atoms with Gasteiger partial charge in [-0.2, -0.15) is 0 Å². The second kappa shape index (κ2) is 7.06. The standard InChI is InChI=1S/C16H15NO5S/c1-9-4-5-23-13(9)14(18)17-12-7-10(15(19)21-2)6-11(8-12)16(20)22-3/h4-8H,1-3H3,(H,17,18). The van der Waals surface area contributed by atoms with E-state index in [1.54, 1.807) is 0 Å². The predicted molar refractivity (Wildman–Crippen MR) is 86.1 cm³/mol. The van der Waals surface area contributed by atoms with Crippen LogP contribution in [0.3, 0.4) is 0 Å². The van der Waals surface area contributed by atoms with Crippen molar-refractivity contribution in [2.24, 2.45) is 0 Å². The van der Waals surface area contributed by atoms with Crippen LogP contribution in [0.5, 0.6) is 0 Å². The maximum absolute atomic E-state index is 12.3. The molecule has 0 fully saturated rings. The molecule has 2 aromatic rings. The summed E-state index contributed by atoms with van der Waals surface area (Å²) in [7, 11) is 2.47. The Bertz CT molecular complexity index is 731. The quantitative estimate of drug-likeness (QED) is 0.870. The minimum Gasteiger partial charge on any atom is -0.465 e. The van der Waals surface area contributed by atoms with Crippen LogP contribution in [-0.4, -0.2) is 32.1 Å². The van der Waals surface area contributed by atoms with Crippen molar-refractivity contribution in [3.63, 3.8) is 0 Å². The number of anilines is 1. The topological polar surface area (TPSA) is 81.7 Å². The van der Waals surface area contributed by atoms with Crippen LogP contribution in [0.15, 0.2) is 29.6 Å². The van der Waals surface area contributed by atoms with E-state index in [0.29, 0.717) is 10.6 Å². The van der Waals surface area contributed by atoms with Gasteiger partial charge in [-0.3, -0.25) is 4.79 Å². The molecule has 0 bridgehead atoms. The van der Waals surface area contributed by atoms with Crippen LogP contribution in [0.4, 0.5) is 5.69 Å². The molecule has 23 heavy (non-hydrogen) atoms. The van der Waals surface area contributed by atoms with Crippen LogP contribution < -0.4 is 5.32 Å². The van der Waals surface area contributed by atoms with Gasteiger partial charge in [0.2, 0.25) is 0 Å². The van der Waals surface area contributed by atoms with Gasteiger partial charge in [0.25, 0.3) is 5.91 Å². The summed E-state index contributed by atoms with van der Waals surface area (Å²) in [4.78, 5) is 36.3. The molecule has 0 aliphatic carbocycles. The molecule has 1 aromatic heterocycles. The van der Waals surface area contributed by atoms with Crippen molar-refractivity contribution in [1.82, 2.24) is 0 Å². The highest BCUT2D eigenvalue weighted by atomic mass is 32.1. The second-order valence-electron chi connectivity index (χ2n) is 4.67. The Hall–Kier alpha value is -2.67. The first-order valence-electron chi connectivity index (χ1n) is 6.63. The molecule has 7 heteroatoms. The first-order chi connectivity index (χ1) is 11.0. The molecule has 1 amide bonds. The lowest BCUT2D eigenvalue weighted by Crippen LogP contribution is -2.14. The lowest BCUT2D eigenvalue weighted by atomic mass is 10.1. The van der Waals surface area contributed by atoms with Crippen LogP contribution in [0.25, 0.3) is 0 Å². The molecule has 120 valence electrons. The fourth-order valence-corrected chi connectivity index (χ4v) is 2.78. The summed E-state index contributed by atoms with van der Waals surface area (Å²) in [5, 5.41) is 4.49.